The summed E-state index contributed by atoms with van der Waals surface area (Å²) >= 11 is 0. The van der Waals surface area contributed by atoms with Crippen LogP contribution in [0.3, 0.4) is 0 Å². The topological polar surface area (TPSA) is 36.7 Å². The monoisotopic (exact) mass is 888 g/mol. The summed E-state index contributed by atoms with van der Waals surface area (Å²) in [6.07, 6.45) is 0. The summed E-state index contributed by atoms with van der Waals surface area (Å²) in [5, 5.41) is 3.14. The molecular formula is C64H38B2N2O2. The van der Waals surface area contributed by atoms with Crippen molar-refractivity contribution in [3.05, 3.63) is 258 Å². The summed E-state index contributed by atoms with van der Waals surface area (Å²) in [6.45, 7) is -0.500. The summed E-state index contributed by atoms with van der Waals surface area (Å²) in [7, 11) is 0. The van der Waals surface area contributed by atoms with Gasteiger partial charge in [0.25, 0.3) is 6.71 Å². The zero-order valence-electron chi connectivity index (χ0n) is 37.8. The molecule has 4 nitrogen and oxygen atoms in total. The third-order valence-electron chi connectivity index (χ3n) is 16.2. The van der Waals surface area contributed by atoms with Gasteiger partial charge in [-0.15, -0.1) is 0 Å². The van der Waals surface area contributed by atoms with Crippen LogP contribution in [0.2, 0.25) is 0 Å². The third-order valence-corrected chi connectivity index (χ3v) is 16.2. The SMILES string of the molecule is O=C1N2C3=C(B(c4ccccc4-c4ccccc4)c4ccc5ccc6c(c5c42)N1c1oc2ccccc2c1B6c1ccccc1-c1ccccc1)C1(c2ccccc23)c2ccccc2-c2ccccc21. The molecule has 2 amide bonds. The van der Waals surface area contributed by atoms with E-state index in [2.05, 4.69) is 223 Å². The Morgan fingerprint density at radius 1 is 0.400 bits per heavy atom. The minimum absolute atomic E-state index is 0.141. The first-order chi connectivity index (χ1) is 34.7. The second-order valence-corrected chi connectivity index (χ2v) is 19.3. The number of furan rings is 1. The summed E-state index contributed by atoms with van der Waals surface area (Å²) in [4.78, 5) is 20.9. The van der Waals surface area contributed by atoms with Gasteiger partial charge in [0.1, 0.15) is 5.58 Å². The molecular weight excluding hydrogens is 850 g/mol. The highest BCUT2D eigenvalue weighted by molar-refractivity contribution is 7.01. The van der Waals surface area contributed by atoms with E-state index in [9.17, 15) is 0 Å². The zero-order valence-corrected chi connectivity index (χ0v) is 37.8. The van der Waals surface area contributed by atoms with E-state index in [0.717, 1.165) is 77.5 Å². The van der Waals surface area contributed by atoms with Crippen LogP contribution in [0.15, 0.2) is 240 Å². The number of fused-ring (bicyclic) bond motifs is 14. The number of carbonyl (C=O) groups excluding carboxylic acids is 1. The second-order valence-electron chi connectivity index (χ2n) is 19.3. The van der Waals surface area contributed by atoms with E-state index in [1.165, 1.54) is 49.8 Å². The molecule has 16 rings (SSSR count). The number of anilines is 3. The summed E-state index contributed by atoms with van der Waals surface area (Å²) in [6, 6.07) is 83.4. The summed E-state index contributed by atoms with van der Waals surface area (Å²) in [5.74, 6) is 0.575. The minimum atomic E-state index is -0.721. The van der Waals surface area contributed by atoms with E-state index in [1.807, 2.05) is 17.0 Å². The van der Waals surface area contributed by atoms with E-state index in [1.54, 1.807) is 0 Å². The molecule has 0 atom stereocenters. The molecule has 0 radical (unpaired) electrons. The van der Waals surface area contributed by atoms with E-state index in [0.29, 0.717) is 5.88 Å². The Morgan fingerprint density at radius 3 is 1.50 bits per heavy atom. The maximum absolute atomic E-state index is 16.9. The van der Waals surface area contributed by atoms with Crippen LogP contribution in [0, 0.1) is 0 Å². The number of hydrogen-bond acceptors (Lipinski definition) is 2. The van der Waals surface area contributed by atoms with Gasteiger partial charge in [-0.1, -0.05) is 235 Å². The molecule has 4 heterocycles. The molecule has 10 aromatic carbocycles. The lowest BCUT2D eigenvalue weighted by molar-refractivity contribution is 0.255. The maximum Gasteiger partial charge on any atom is 0.340 e. The van der Waals surface area contributed by atoms with Crippen LogP contribution < -0.4 is 37.1 Å². The molecule has 6 heteroatoms. The van der Waals surface area contributed by atoms with E-state index in [-0.39, 0.29) is 19.5 Å². The fourth-order valence-electron chi connectivity index (χ4n) is 13.7. The number of nitrogens with zero attached hydrogens (tertiary/aromatic N) is 2. The van der Waals surface area contributed by atoms with Gasteiger partial charge in [-0.2, -0.15) is 0 Å². The first-order valence-corrected chi connectivity index (χ1v) is 24.3. The molecule has 1 spiro atoms. The first kappa shape index (κ1) is 38.1. The number of para-hydroxylation sites is 1. The minimum Gasteiger partial charge on any atom is -0.440 e. The highest BCUT2D eigenvalue weighted by Crippen LogP contribution is 2.65. The van der Waals surface area contributed by atoms with Crippen LogP contribution >= 0.6 is 0 Å². The number of urea groups is 1. The van der Waals surface area contributed by atoms with Crippen molar-refractivity contribution >= 4 is 91.5 Å². The number of carbonyl (C=O) groups is 1. The van der Waals surface area contributed by atoms with Crippen LogP contribution in [0.5, 0.6) is 0 Å². The largest absolute Gasteiger partial charge is 0.440 e. The van der Waals surface area contributed by atoms with E-state index >= 15 is 4.79 Å². The average Bonchev–Trinajstić information content (AvgIpc) is 4.07. The molecule has 0 fully saturated rings. The van der Waals surface area contributed by atoms with Gasteiger partial charge in [-0.05, 0) is 77.9 Å². The Labute approximate surface area is 405 Å². The Morgan fingerprint density at radius 2 is 0.871 bits per heavy atom. The molecule has 0 bridgehead atoms. The van der Waals surface area contributed by atoms with Gasteiger partial charge in [-0.3, -0.25) is 4.90 Å². The van der Waals surface area contributed by atoms with Gasteiger partial charge in [-0.25, -0.2) is 9.69 Å². The summed E-state index contributed by atoms with van der Waals surface area (Å²) in [5.41, 5.74) is 21.4. The van der Waals surface area contributed by atoms with Crippen LogP contribution in [0.1, 0.15) is 22.3 Å². The van der Waals surface area contributed by atoms with Crippen molar-refractivity contribution in [3.63, 3.8) is 0 Å². The summed E-state index contributed by atoms with van der Waals surface area (Å²) < 4.78 is 7.12. The Balaban J connectivity index is 1.08. The van der Waals surface area contributed by atoms with Gasteiger partial charge in [0, 0.05) is 21.8 Å². The van der Waals surface area contributed by atoms with Crippen molar-refractivity contribution in [1.29, 1.82) is 0 Å². The van der Waals surface area contributed by atoms with Crippen LogP contribution in [-0.4, -0.2) is 19.5 Å². The number of rotatable bonds is 4. The lowest BCUT2D eigenvalue weighted by Gasteiger charge is -2.46. The highest BCUT2D eigenvalue weighted by atomic mass is 16.4. The molecule has 322 valence electrons. The van der Waals surface area contributed by atoms with Crippen LogP contribution in [0.4, 0.5) is 22.1 Å². The van der Waals surface area contributed by atoms with Crippen LogP contribution in [0.25, 0.3) is 60.8 Å². The number of amides is 2. The molecule has 0 N–H and O–H groups in total. The van der Waals surface area contributed by atoms with Crippen molar-refractivity contribution < 1.29 is 9.21 Å². The highest BCUT2D eigenvalue weighted by Gasteiger charge is 2.61. The Hall–Kier alpha value is -8.86. The van der Waals surface area contributed by atoms with Crippen molar-refractivity contribution in [3.8, 4) is 33.4 Å². The van der Waals surface area contributed by atoms with Crippen molar-refractivity contribution in [2.24, 2.45) is 0 Å². The zero-order chi connectivity index (χ0) is 45.8. The molecule has 1 aromatic heterocycles. The quantitative estimate of drug-likeness (QED) is 0.165. The normalized spacial score (nSPS) is 15.1. The fraction of sp³-hybridized carbons (Fsp3) is 0.0156. The van der Waals surface area contributed by atoms with Crippen molar-refractivity contribution in [2.45, 2.75) is 5.41 Å². The standard InChI is InChI=1S/C64H38B2N2O2/c69-63-67-58-46-27-9-15-31-50(46)64(48-29-13-7-25-44(48)45-26-8-14-30-49(45)64)61(58)66(52-33-17-11-24-43(52)40-21-5-2-6-22-40)54-38-36-41-35-37-53-60(56(41)59(54)67)68(63)62-57(47-28-12-18-34-55(47)70-62)65(53)51-32-16-10-23-42(51)39-19-3-1-4-20-39/h1-38H. The lowest BCUT2D eigenvalue weighted by atomic mass is 9.30. The predicted molar refractivity (Wildman–Crippen MR) is 289 cm³/mol. The molecule has 5 aliphatic rings. The Bertz CT molecular complexity index is 4090. The van der Waals surface area contributed by atoms with Crippen molar-refractivity contribution in [1.82, 2.24) is 0 Å². The molecule has 11 aromatic rings. The number of allylic oxidation sites excluding steroid dienone is 1. The first-order valence-electron chi connectivity index (χ1n) is 24.3. The predicted octanol–water partition coefficient (Wildman–Crippen LogP) is 11.7. The van der Waals surface area contributed by atoms with Gasteiger partial charge < -0.3 is 4.42 Å². The smallest absolute Gasteiger partial charge is 0.340 e. The molecule has 3 aliphatic heterocycles. The van der Waals surface area contributed by atoms with Crippen molar-refractivity contribution in [2.75, 3.05) is 9.80 Å². The van der Waals surface area contributed by atoms with E-state index < -0.39 is 5.41 Å². The fourth-order valence-corrected chi connectivity index (χ4v) is 13.7. The van der Waals surface area contributed by atoms with Gasteiger partial charge in [0.05, 0.1) is 22.5 Å². The van der Waals surface area contributed by atoms with E-state index in [4.69, 9.17) is 4.42 Å². The van der Waals surface area contributed by atoms with Gasteiger partial charge >= 0.3 is 6.03 Å². The molecule has 70 heavy (non-hydrogen) atoms. The third kappa shape index (κ3) is 4.66. The number of hydrogen-bond donors (Lipinski definition) is 0. The van der Waals surface area contributed by atoms with Crippen LogP contribution in [-0.2, 0) is 5.41 Å². The molecule has 2 aliphatic carbocycles. The molecule has 0 saturated heterocycles. The number of benzene rings is 10. The molecule has 0 saturated carbocycles. The van der Waals surface area contributed by atoms with Gasteiger partial charge in [0.15, 0.2) is 0 Å². The average molecular weight is 889 g/mol. The van der Waals surface area contributed by atoms with Gasteiger partial charge in [0.2, 0.25) is 12.6 Å². The second kappa shape index (κ2) is 13.9. The lowest BCUT2D eigenvalue weighted by Crippen LogP contribution is -2.63. The molecule has 0 unspecified atom stereocenters. The maximum atomic E-state index is 16.9. The Kier molecular flexibility index (Phi) is 7.56.